The van der Waals surface area contributed by atoms with Crippen LogP contribution < -0.4 is 0 Å². The summed E-state index contributed by atoms with van der Waals surface area (Å²) in [4.78, 5) is 15.7. The van der Waals surface area contributed by atoms with Crippen LogP contribution in [-0.4, -0.2) is 164 Å². The molecular formula is C34H80N6O2S4Si2. The maximum Gasteiger partial charge on any atom is 0.161 e. The van der Waals surface area contributed by atoms with Crippen LogP contribution in [0.3, 0.4) is 0 Å². The Balaban J connectivity index is 4.48. The van der Waals surface area contributed by atoms with Crippen LogP contribution in [0.5, 0.6) is 0 Å². The van der Waals surface area contributed by atoms with Crippen molar-refractivity contribution < 1.29 is 8.85 Å². The van der Waals surface area contributed by atoms with Crippen LogP contribution in [0.25, 0.3) is 0 Å². The van der Waals surface area contributed by atoms with E-state index in [9.17, 15) is 0 Å². The predicted molar refractivity (Wildman–Crippen MR) is 231 cm³/mol. The largest absolute Gasteiger partial charge is 0.419 e. The molecule has 0 aliphatic heterocycles. The highest BCUT2D eigenvalue weighted by Crippen LogP contribution is 2.43. The first-order valence-electron chi connectivity index (χ1n) is 19.6. The Bertz CT molecular complexity index is 599. The average molecular weight is 789 g/mol. The van der Waals surface area contributed by atoms with Crippen molar-refractivity contribution in [1.29, 1.82) is 0 Å². The first kappa shape index (κ1) is 49.5. The summed E-state index contributed by atoms with van der Waals surface area (Å²) in [6.45, 7) is 41.6. The molecule has 0 saturated carbocycles. The van der Waals surface area contributed by atoms with Gasteiger partial charge < -0.3 is 8.85 Å². The zero-order chi connectivity index (χ0) is 36.3. The molecule has 0 amide bonds. The monoisotopic (exact) mass is 788 g/mol. The van der Waals surface area contributed by atoms with Crippen molar-refractivity contribution in [3.63, 3.8) is 0 Å². The van der Waals surface area contributed by atoms with Gasteiger partial charge in [0.05, 0.1) is 13.2 Å². The normalized spacial score (nSPS) is 13.6. The van der Waals surface area contributed by atoms with Crippen molar-refractivity contribution >= 4 is 60.8 Å². The highest BCUT2D eigenvalue weighted by atomic mass is 33.7. The van der Waals surface area contributed by atoms with E-state index in [0.717, 1.165) is 91.8 Å². The number of hydrogen-bond acceptors (Lipinski definition) is 12. The van der Waals surface area contributed by atoms with Gasteiger partial charge >= 0.3 is 0 Å². The molecular weight excluding hydrogens is 709 g/mol. The molecule has 0 radical (unpaired) electrons. The standard InChI is InChI=1S/C34H80N6O2S4Si2/c1-13-35(14-2)33(36(15-3)16-4,37(17-5)18-6)31-41-47-29-25-27-43-45-46-44-28-26-30-48-42-32-34(38(19-7)20-8,39(21-9)22-10)40(23-11)24-12/h13-32,47-48H2,1-12H3. The Morgan fingerprint density at radius 2 is 0.625 bits per heavy atom. The van der Waals surface area contributed by atoms with Crippen LogP contribution in [-0.2, 0) is 8.85 Å². The number of likely N-dealkylation sites (N-methyl/N-ethyl adjacent to an activating group) is 6. The summed E-state index contributed by atoms with van der Waals surface area (Å²) in [5.74, 6) is 2.16. The first-order chi connectivity index (χ1) is 23.3. The molecule has 0 aromatic heterocycles. The summed E-state index contributed by atoms with van der Waals surface area (Å²) >= 11 is 0. The van der Waals surface area contributed by atoms with E-state index in [1.807, 2.05) is 41.2 Å². The molecule has 0 N–H and O–H groups in total. The lowest BCUT2D eigenvalue weighted by Gasteiger charge is -2.55. The fourth-order valence-electron chi connectivity index (χ4n) is 7.38. The molecule has 0 spiro atoms. The molecule has 0 aromatic carbocycles. The van der Waals surface area contributed by atoms with Crippen LogP contribution >= 0.6 is 41.2 Å². The Kier molecular flexibility index (Phi) is 31.9. The molecule has 0 heterocycles. The third-order valence-electron chi connectivity index (χ3n) is 9.87. The fourth-order valence-corrected chi connectivity index (χ4v) is 16.5. The third kappa shape index (κ3) is 15.1. The summed E-state index contributed by atoms with van der Waals surface area (Å²) < 4.78 is 13.2. The van der Waals surface area contributed by atoms with Crippen molar-refractivity contribution in [2.24, 2.45) is 0 Å². The topological polar surface area (TPSA) is 37.9 Å². The summed E-state index contributed by atoms with van der Waals surface area (Å²) in [7, 11) is 6.90. The van der Waals surface area contributed by atoms with Gasteiger partial charge in [-0.2, -0.15) is 0 Å². The van der Waals surface area contributed by atoms with Gasteiger partial charge in [-0.15, -0.1) is 0 Å². The van der Waals surface area contributed by atoms with E-state index in [-0.39, 0.29) is 11.6 Å². The molecule has 0 atom stereocenters. The SMILES string of the molecule is CCN(CC)C(CO[SiH2]CCCSSSSCCC[SiH2]OCC(N(CC)CC)(N(CC)CC)N(CC)CC)(N(CC)CC)N(CC)CC. The highest BCUT2D eigenvalue weighted by molar-refractivity contribution is 9.26. The third-order valence-corrected chi connectivity index (χ3v) is 19.1. The molecule has 290 valence electrons. The van der Waals surface area contributed by atoms with E-state index in [4.69, 9.17) is 8.85 Å². The van der Waals surface area contributed by atoms with Crippen LogP contribution in [0.1, 0.15) is 95.9 Å². The van der Waals surface area contributed by atoms with Gasteiger partial charge in [-0.05, 0) is 123 Å². The lowest BCUT2D eigenvalue weighted by atomic mass is 10.1. The van der Waals surface area contributed by atoms with E-state index in [2.05, 4.69) is 112 Å². The fraction of sp³-hybridized carbons (Fsp3) is 1.00. The molecule has 0 aliphatic carbocycles. The van der Waals surface area contributed by atoms with Crippen molar-refractivity contribution in [1.82, 2.24) is 29.4 Å². The van der Waals surface area contributed by atoms with Crippen LogP contribution in [0, 0.1) is 0 Å². The predicted octanol–water partition coefficient (Wildman–Crippen LogP) is 6.84. The zero-order valence-electron chi connectivity index (χ0n) is 33.7. The second kappa shape index (κ2) is 30.9. The Hall–Kier alpha value is 1.51. The molecule has 0 unspecified atom stereocenters. The van der Waals surface area contributed by atoms with Gasteiger partial charge in [0, 0.05) is 11.5 Å². The molecule has 0 fully saturated rings. The van der Waals surface area contributed by atoms with Gasteiger partial charge in [-0.3, -0.25) is 29.4 Å². The van der Waals surface area contributed by atoms with Gasteiger partial charge in [0.25, 0.3) is 0 Å². The van der Waals surface area contributed by atoms with E-state index in [0.29, 0.717) is 0 Å². The molecule has 0 aromatic rings. The summed E-state index contributed by atoms with van der Waals surface area (Å²) in [6.07, 6.45) is 2.53. The number of nitrogens with zero attached hydrogens (tertiary/aromatic N) is 6. The molecule has 0 bridgehead atoms. The zero-order valence-corrected chi connectivity index (χ0v) is 39.8. The average Bonchev–Trinajstić information content (AvgIpc) is 3.10. The quantitative estimate of drug-likeness (QED) is 0.0293. The van der Waals surface area contributed by atoms with Crippen molar-refractivity contribution in [3.8, 4) is 0 Å². The Morgan fingerprint density at radius 3 is 0.833 bits per heavy atom. The van der Waals surface area contributed by atoms with E-state index in [1.54, 1.807) is 0 Å². The lowest BCUT2D eigenvalue weighted by molar-refractivity contribution is -0.181. The van der Waals surface area contributed by atoms with Crippen LogP contribution in [0.15, 0.2) is 0 Å². The minimum atomic E-state index is -0.531. The lowest BCUT2D eigenvalue weighted by Crippen LogP contribution is -2.72. The van der Waals surface area contributed by atoms with Gasteiger partial charge in [0.1, 0.15) is 0 Å². The summed E-state index contributed by atoms with van der Waals surface area (Å²) in [5.41, 5.74) is 0. The summed E-state index contributed by atoms with van der Waals surface area (Å²) in [6, 6.07) is 2.53. The minimum Gasteiger partial charge on any atom is -0.419 e. The number of hydrogen-bond donors (Lipinski definition) is 0. The maximum absolute atomic E-state index is 6.62. The van der Waals surface area contributed by atoms with Crippen LogP contribution in [0.2, 0.25) is 12.1 Å². The highest BCUT2D eigenvalue weighted by Gasteiger charge is 2.45. The summed E-state index contributed by atoms with van der Waals surface area (Å²) in [5, 5.41) is 0. The van der Waals surface area contributed by atoms with Gasteiger partial charge in [-0.1, -0.05) is 105 Å². The molecule has 0 rings (SSSR count). The van der Waals surface area contributed by atoms with Crippen molar-refractivity contribution in [2.45, 2.75) is 120 Å². The Labute approximate surface area is 320 Å². The second-order valence-electron chi connectivity index (χ2n) is 11.9. The second-order valence-corrected chi connectivity index (χ2v) is 21.2. The van der Waals surface area contributed by atoms with Gasteiger partial charge in [-0.25, -0.2) is 0 Å². The van der Waals surface area contributed by atoms with Gasteiger partial charge in [0.15, 0.2) is 31.1 Å². The minimum absolute atomic E-state index is 0.136. The molecule has 0 saturated heterocycles. The van der Waals surface area contributed by atoms with E-state index in [1.165, 1.54) is 36.4 Å². The van der Waals surface area contributed by atoms with Crippen molar-refractivity contribution in [2.75, 3.05) is 103 Å². The number of rotatable bonds is 35. The van der Waals surface area contributed by atoms with E-state index < -0.39 is 19.5 Å². The van der Waals surface area contributed by atoms with Crippen LogP contribution in [0.4, 0.5) is 0 Å². The first-order valence-corrected chi connectivity index (χ1v) is 27.9. The van der Waals surface area contributed by atoms with Crippen molar-refractivity contribution in [3.05, 3.63) is 0 Å². The van der Waals surface area contributed by atoms with E-state index >= 15 is 0 Å². The maximum atomic E-state index is 6.62. The molecule has 48 heavy (non-hydrogen) atoms. The Morgan fingerprint density at radius 1 is 0.396 bits per heavy atom. The smallest absolute Gasteiger partial charge is 0.161 e. The molecule has 0 aliphatic rings. The van der Waals surface area contributed by atoms with Gasteiger partial charge in [0.2, 0.25) is 0 Å². The molecule has 8 nitrogen and oxygen atoms in total. The molecule has 14 heteroatoms.